The first-order chi connectivity index (χ1) is 7.86. The second-order valence-corrected chi connectivity index (χ2v) is 5.78. The predicted molar refractivity (Wildman–Crippen MR) is 72.1 cm³/mol. The Morgan fingerprint density at radius 3 is 2.47 bits per heavy atom. The molecule has 0 spiro atoms. The molecule has 0 aliphatic carbocycles. The van der Waals surface area contributed by atoms with Crippen molar-refractivity contribution in [3.05, 3.63) is 34.0 Å². The molecule has 2 nitrogen and oxygen atoms in total. The van der Waals surface area contributed by atoms with Gasteiger partial charge in [-0.1, -0.05) is 38.4 Å². The van der Waals surface area contributed by atoms with Crippen LogP contribution in [0.3, 0.4) is 0 Å². The summed E-state index contributed by atoms with van der Waals surface area (Å²) in [6, 6.07) is 3.74. The van der Waals surface area contributed by atoms with Gasteiger partial charge in [0.05, 0.1) is 5.52 Å². The molecule has 0 aliphatic heterocycles. The number of carbonyl (C=O) groups is 1. The molecule has 90 valence electrons. The van der Waals surface area contributed by atoms with E-state index >= 15 is 0 Å². The fraction of sp³-hybridized carbons (Fsp3) is 0.357. The van der Waals surface area contributed by atoms with Gasteiger partial charge in [0.1, 0.15) is 0 Å². The number of hydrogen-bond acceptors (Lipinski definition) is 1. The van der Waals surface area contributed by atoms with Crippen molar-refractivity contribution >= 4 is 28.8 Å². The van der Waals surface area contributed by atoms with Crippen molar-refractivity contribution in [2.75, 3.05) is 0 Å². The van der Waals surface area contributed by atoms with Crippen LogP contribution in [0.2, 0.25) is 5.02 Å². The number of H-pyrrole nitrogens is 1. The van der Waals surface area contributed by atoms with Crippen molar-refractivity contribution in [1.29, 1.82) is 0 Å². The standard InChI is InChI=1S/C14H16ClNO/c1-8-11(15)6-5-9-10(7-17)13(14(2,3)4)16-12(8)9/h5-7,16H,1-4H3. The lowest BCUT2D eigenvalue weighted by atomic mass is 9.89. The highest BCUT2D eigenvalue weighted by atomic mass is 35.5. The van der Waals surface area contributed by atoms with E-state index in [-0.39, 0.29) is 5.41 Å². The summed E-state index contributed by atoms with van der Waals surface area (Å²) in [5.41, 5.74) is 3.57. The number of aromatic amines is 1. The number of rotatable bonds is 1. The second-order valence-electron chi connectivity index (χ2n) is 5.38. The molecule has 3 heteroatoms. The molecular weight excluding hydrogens is 234 g/mol. The quantitative estimate of drug-likeness (QED) is 0.754. The van der Waals surface area contributed by atoms with Gasteiger partial charge in [-0.2, -0.15) is 0 Å². The highest BCUT2D eigenvalue weighted by Crippen LogP contribution is 2.33. The van der Waals surface area contributed by atoms with Gasteiger partial charge in [-0.25, -0.2) is 0 Å². The van der Waals surface area contributed by atoms with Gasteiger partial charge in [-0.3, -0.25) is 4.79 Å². The number of aromatic nitrogens is 1. The van der Waals surface area contributed by atoms with Crippen molar-refractivity contribution in [3.63, 3.8) is 0 Å². The summed E-state index contributed by atoms with van der Waals surface area (Å²) < 4.78 is 0. The molecule has 2 aromatic rings. The number of fused-ring (bicyclic) bond motifs is 1. The van der Waals surface area contributed by atoms with Gasteiger partial charge in [0.25, 0.3) is 0 Å². The maximum Gasteiger partial charge on any atom is 0.152 e. The Labute approximate surface area is 106 Å². The van der Waals surface area contributed by atoms with E-state index in [1.54, 1.807) is 0 Å². The maximum atomic E-state index is 11.3. The van der Waals surface area contributed by atoms with Crippen LogP contribution in [0.15, 0.2) is 12.1 Å². The first kappa shape index (κ1) is 12.2. The van der Waals surface area contributed by atoms with Gasteiger partial charge in [0, 0.05) is 27.1 Å². The molecule has 0 saturated carbocycles. The number of aryl methyl sites for hydroxylation is 1. The van der Waals surface area contributed by atoms with E-state index in [1.165, 1.54) is 0 Å². The Bertz CT molecular complexity index is 590. The van der Waals surface area contributed by atoms with Gasteiger partial charge >= 0.3 is 0 Å². The van der Waals surface area contributed by atoms with Gasteiger partial charge in [0.15, 0.2) is 6.29 Å². The third-order valence-corrected chi connectivity index (χ3v) is 3.49. The number of halogens is 1. The smallest absolute Gasteiger partial charge is 0.152 e. The van der Waals surface area contributed by atoms with Gasteiger partial charge in [-0.15, -0.1) is 0 Å². The Balaban J connectivity index is 2.89. The van der Waals surface area contributed by atoms with Crippen LogP contribution in [-0.2, 0) is 5.41 Å². The van der Waals surface area contributed by atoms with E-state index in [9.17, 15) is 4.79 Å². The predicted octanol–water partition coefficient (Wildman–Crippen LogP) is 4.24. The average Bonchev–Trinajstić information content (AvgIpc) is 2.62. The Kier molecular flexibility index (Phi) is 2.78. The monoisotopic (exact) mass is 249 g/mol. The van der Waals surface area contributed by atoms with E-state index in [2.05, 4.69) is 25.8 Å². The molecule has 0 bridgehead atoms. The van der Waals surface area contributed by atoms with Gasteiger partial charge in [0.2, 0.25) is 0 Å². The van der Waals surface area contributed by atoms with Crippen LogP contribution in [0.1, 0.15) is 42.4 Å². The normalized spacial score (nSPS) is 12.1. The van der Waals surface area contributed by atoms with Crippen LogP contribution in [-0.4, -0.2) is 11.3 Å². The molecule has 2 rings (SSSR count). The van der Waals surface area contributed by atoms with Crippen molar-refractivity contribution in [3.8, 4) is 0 Å². The molecule has 0 amide bonds. The minimum atomic E-state index is -0.0891. The molecule has 0 fully saturated rings. The number of carbonyl (C=O) groups excluding carboxylic acids is 1. The van der Waals surface area contributed by atoms with E-state index in [0.717, 1.165) is 39.0 Å². The highest BCUT2D eigenvalue weighted by Gasteiger charge is 2.23. The van der Waals surface area contributed by atoms with Crippen molar-refractivity contribution in [2.24, 2.45) is 0 Å². The lowest BCUT2D eigenvalue weighted by Gasteiger charge is -2.17. The SMILES string of the molecule is Cc1c(Cl)ccc2c(C=O)c(C(C)(C)C)[nH]c12. The number of nitrogens with one attached hydrogen (secondary N) is 1. The maximum absolute atomic E-state index is 11.3. The van der Waals surface area contributed by atoms with Crippen LogP contribution in [0, 0.1) is 6.92 Å². The Morgan fingerprint density at radius 1 is 1.29 bits per heavy atom. The molecule has 0 aliphatic rings. The summed E-state index contributed by atoms with van der Waals surface area (Å²) in [5.74, 6) is 0. The molecule has 0 saturated heterocycles. The van der Waals surface area contributed by atoms with Crippen molar-refractivity contribution in [2.45, 2.75) is 33.1 Å². The van der Waals surface area contributed by atoms with Crippen LogP contribution in [0.25, 0.3) is 10.9 Å². The van der Waals surface area contributed by atoms with E-state index < -0.39 is 0 Å². The van der Waals surface area contributed by atoms with Crippen LogP contribution >= 0.6 is 11.6 Å². The average molecular weight is 250 g/mol. The lowest BCUT2D eigenvalue weighted by molar-refractivity contribution is 0.112. The number of benzene rings is 1. The molecule has 0 unspecified atom stereocenters. The summed E-state index contributed by atoms with van der Waals surface area (Å²) in [6.45, 7) is 8.22. The first-order valence-corrected chi connectivity index (χ1v) is 6.00. The Hall–Kier alpha value is -1.28. The van der Waals surface area contributed by atoms with Gasteiger partial charge in [-0.05, 0) is 18.6 Å². The molecule has 1 aromatic carbocycles. The van der Waals surface area contributed by atoms with Crippen molar-refractivity contribution < 1.29 is 4.79 Å². The molecule has 17 heavy (non-hydrogen) atoms. The van der Waals surface area contributed by atoms with Crippen molar-refractivity contribution in [1.82, 2.24) is 4.98 Å². The third-order valence-electron chi connectivity index (χ3n) is 3.08. The summed E-state index contributed by atoms with van der Waals surface area (Å²) >= 11 is 6.10. The summed E-state index contributed by atoms with van der Waals surface area (Å²) in [7, 11) is 0. The molecule has 0 radical (unpaired) electrons. The minimum Gasteiger partial charge on any atom is -0.357 e. The first-order valence-electron chi connectivity index (χ1n) is 5.62. The van der Waals surface area contributed by atoms with E-state index in [4.69, 9.17) is 11.6 Å². The fourth-order valence-corrected chi connectivity index (χ4v) is 2.27. The summed E-state index contributed by atoms with van der Waals surface area (Å²) in [6.07, 6.45) is 0.923. The zero-order valence-electron chi connectivity index (χ0n) is 10.5. The largest absolute Gasteiger partial charge is 0.357 e. The van der Waals surface area contributed by atoms with Crippen LogP contribution in [0.4, 0.5) is 0 Å². The van der Waals surface area contributed by atoms with E-state index in [1.807, 2.05) is 19.1 Å². The number of hydrogen-bond donors (Lipinski definition) is 1. The Morgan fingerprint density at radius 2 is 1.94 bits per heavy atom. The molecule has 1 heterocycles. The van der Waals surface area contributed by atoms with Gasteiger partial charge < -0.3 is 4.98 Å². The molecule has 1 aromatic heterocycles. The zero-order valence-corrected chi connectivity index (χ0v) is 11.3. The molecule has 1 N–H and O–H groups in total. The molecule has 0 atom stereocenters. The van der Waals surface area contributed by atoms with Crippen LogP contribution in [0.5, 0.6) is 0 Å². The molecular formula is C14H16ClNO. The minimum absolute atomic E-state index is 0.0891. The lowest BCUT2D eigenvalue weighted by Crippen LogP contribution is -2.13. The van der Waals surface area contributed by atoms with Crippen LogP contribution < -0.4 is 0 Å². The zero-order chi connectivity index (χ0) is 12.8. The summed E-state index contributed by atoms with van der Waals surface area (Å²) in [5, 5.41) is 1.67. The third kappa shape index (κ3) is 1.87. The van der Waals surface area contributed by atoms with E-state index in [0.29, 0.717) is 0 Å². The summed E-state index contributed by atoms with van der Waals surface area (Å²) in [4.78, 5) is 14.6. The highest BCUT2D eigenvalue weighted by molar-refractivity contribution is 6.32. The number of aldehydes is 1. The fourth-order valence-electron chi connectivity index (χ4n) is 2.11. The second kappa shape index (κ2) is 3.88. The topological polar surface area (TPSA) is 32.9 Å².